The lowest BCUT2D eigenvalue weighted by atomic mass is 9.96. The topological polar surface area (TPSA) is 82.0 Å². The van der Waals surface area contributed by atoms with Crippen LogP contribution in [0.2, 0.25) is 5.02 Å². The van der Waals surface area contributed by atoms with Gasteiger partial charge in [0.1, 0.15) is 0 Å². The van der Waals surface area contributed by atoms with Crippen LogP contribution in [-0.2, 0) is 17.5 Å². The number of hydrogen-bond acceptors (Lipinski definition) is 5. The van der Waals surface area contributed by atoms with E-state index in [2.05, 4.69) is 15.6 Å². The minimum absolute atomic E-state index is 0.0132. The minimum atomic E-state index is -4.44. The molecule has 4 rings (SSSR count). The number of amides is 1. The molecule has 4 aromatic rings. The van der Waals surface area contributed by atoms with E-state index < -0.39 is 11.7 Å². The molecule has 10 heteroatoms. The predicted octanol–water partition coefficient (Wildman–Crippen LogP) is 6.47. The fraction of sp³-hybridized carbons (Fsp3) is 0.0769. The maximum Gasteiger partial charge on any atom is 0.416 e. The largest absolute Gasteiger partial charge is 0.416 e. The zero-order valence-electron chi connectivity index (χ0n) is 18.6. The second-order valence-electron chi connectivity index (χ2n) is 7.79. The van der Waals surface area contributed by atoms with Crippen LogP contribution in [-0.4, -0.2) is 27.8 Å². The van der Waals surface area contributed by atoms with Crippen LogP contribution in [0.1, 0.15) is 16.7 Å². The van der Waals surface area contributed by atoms with Gasteiger partial charge in [-0.3, -0.25) is 15.2 Å². The Morgan fingerprint density at radius 2 is 1.58 bits per heavy atom. The number of alkyl halides is 3. The van der Waals surface area contributed by atoms with Crippen LogP contribution in [0.4, 0.5) is 19.0 Å². The van der Waals surface area contributed by atoms with Crippen LogP contribution >= 0.6 is 11.6 Å². The van der Waals surface area contributed by atoms with E-state index in [9.17, 15) is 18.0 Å². The van der Waals surface area contributed by atoms with Crippen molar-refractivity contribution in [2.24, 2.45) is 0 Å². The van der Waals surface area contributed by atoms with Gasteiger partial charge in [-0.05, 0) is 46.5 Å². The summed E-state index contributed by atoms with van der Waals surface area (Å²) in [6, 6.07) is 18.9. The van der Waals surface area contributed by atoms with Gasteiger partial charge in [0, 0.05) is 22.4 Å². The number of halogens is 4. The molecular weight excluding hydrogens is 491 g/mol. The highest BCUT2D eigenvalue weighted by Gasteiger charge is 2.30. The third-order valence-corrected chi connectivity index (χ3v) is 5.63. The summed E-state index contributed by atoms with van der Waals surface area (Å²) in [5, 5.41) is 17.5. The summed E-state index contributed by atoms with van der Waals surface area (Å²) in [5.74, 6) is 0.268. The molecule has 1 heterocycles. The molecule has 0 atom stereocenters. The van der Waals surface area contributed by atoms with Gasteiger partial charge >= 0.3 is 6.18 Å². The lowest BCUT2D eigenvalue weighted by molar-refractivity contribution is -0.137. The zero-order chi connectivity index (χ0) is 25.7. The first-order valence-electron chi connectivity index (χ1n) is 10.7. The van der Waals surface area contributed by atoms with E-state index in [-0.39, 0.29) is 12.4 Å². The van der Waals surface area contributed by atoms with Crippen molar-refractivity contribution in [3.63, 3.8) is 0 Å². The summed E-state index contributed by atoms with van der Waals surface area (Å²) in [5.41, 5.74) is 6.28. The number of hydrazine groups is 1. The lowest BCUT2D eigenvalue weighted by Gasteiger charge is -2.22. The molecule has 0 aliphatic heterocycles. The monoisotopic (exact) mass is 509 g/mol. The fourth-order valence-electron chi connectivity index (χ4n) is 3.59. The zero-order valence-corrected chi connectivity index (χ0v) is 19.4. The third-order valence-electron chi connectivity index (χ3n) is 5.38. The number of rotatable bonds is 8. The highest BCUT2D eigenvalue weighted by molar-refractivity contribution is 6.30. The first kappa shape index (κ1) is 24.9. The maximum atomic E-state index is 12.9. The van der Waals surface area contributed by atoms with E-state index in [1.807, 2.05) is 24.3 Å². The Bertz CT molecular complexity index is 1360. The van der Waals surface area contributed by atoms with E-state index in [1.54, 1.807) is 30.5 Å². The highest BCUT2D eigenvalue weighted by Crippen LogP contribution is 2.37. The molecular formula is C26H19ClF3N5O. The molecule has 0 unspecified atom stereocenters. The first-order chi connectivity index (χ1) is 17.3. The molecule has 2 N–H and O–H groups in total. The standard InChI is InChI=1S/C26H19ClF3N5O/c27-22-11-7-19(8-12-22)23-14-32-33-25(24(23)20-5-1-17(13-31)2-6-20)34-35(16-36)15-18-3-9-21(10-4-18)26(28,29)30/h1-14,16,31H,15H2,(H,33,34). The van der Waals surface area contributed by atoms with Gasteiger partial charge in [0.25, 0.3) is 0 Å². The van der Waals surface area contributed by atoms with E-state index in [0.29, 0.717) is 33.7 Å². The van der Waals surface area contributed by atoms with E-state index in [1.165, 1.54) is 23.4 Å². The molecule has 0 radical (unpaired) electrons. The van der Waals surface area contributed by atoms with Crippen molar-refractivity contribution in [3.05, 3.63) is 101 Å². The molecule has 3 aromatic carbocycles. The van der Waals surface area contributed by atoms with Crippen molar-refractivity contribution in [1.82, 2.24) is 15.2 Å². The summed E-state index contributed by atoms with van der Waals surface area (Å²) in [7, 11) is 0. The second kappa shape index (κ2) is 10.6. The van der Waals surface area contributed by atoms with E-state index >= 15 is 0 Å². The molecule has 0 spiro atoms. The third kappa shape index (κ3) is 5.69. The smallest absolute Gasteiger partial charge is 0.308 e. The molecule has 0 saturated heterocycles. The molecule has 0 bridgehead atoms. The Balaban J connectivity index is 1.71. The van der Waals surface area contributed by atoms with Gasteiger partial charge in [-0.2, -0.15) is 18.3 Å². The first-order valence-corrected chi connectivity index (χ1v) is 11.0. The number of aromatic nitrogens is 2. The fourth-order valence-corrected chi connectivity index (χ4v) is 3.71. The number of carbonyl (C=O) groups is 1. The Labute approximate surface area is 209 Å². The molecule has 0 fully saturated rings. The Kier molecular flexibility index (Phi) is 7.30. The van der Waals surface area contributed by atoms with Crippen molar-refractivity contribution in [2.45, 2.75) is 12.7 Å². The number of hydrogen-bond donors (Lipinski definition) is 2. The van der Waals surface area contributed by atoms with Gasteiger partial charge in [-0.1, -0.05) is 60.1 Å². The molecule has 0 saturated carbocycles. The van der Waals surface area contributed by atoms with Crippen LogP contribution < -0.4 is 5.43 Å². The summed E-state index contributed by atoms with van der Waals surface area (Å²) in [4.78, 5) is 11.9. The number of benzene rings is 3. The molecule has 0 aliphatic rings. The Hall–Kier alpha value is -4.24. The average molecular weight is 510 g/mol. The van der Waals surface area contributed by atoms with Crippen LogP contribution in [0.5, 0.6) is 0 Å². The number of anilines is 1. The molecule has 1 aromatic heterocycles. The van der Waals surface area contributed by atoms with Crippen molar-refractivity contribution in [2.75, 3.05) is 5.43 Å². The van der Waals surface area contributed by atoms with Gasteiger partial charge in [-0.25, -0.2) is 0 Å². The van der Waals surface area contributed by atoms with Crippen molar-refractivity contribution in [1.29, 1.82) is 5.41 Å². The molecule has 1 amide bonds. The number of nitrogens with one attached hydrogen (secondary N) is 2. The van der Waals surface area contributed by atoms with Crippen molar-refractivity contribution < 1.29 is 18.0 Å². The molecule has 0 aliphatic carbocycles. The SMILES string of the molecule is N=Cc1ccc(-c2c(-c3ccc(Cl)cc3)cnnc2NN(C=O)Cc2ccc(C(F)(F)F)cc2)cc1. The highest BCUT2D eigenvalue weighted by atomic mass is 35.5. The van der Waals surface area contributed by atoms with Gasteiger partial charge in [-0.15, -0.1) is 5.10 Å². The van der Waals surface area contributed by atoms with E-state index in [4.69, 9.17) is 17.0 Å². The van der Waals surface area contributed by atoms with Gasteiger partial charge in [0.05, 0.1) is 18.3 Å². The van der Waals surface area contributed by atoms with Crippen molar-refractivity contribution in [3.8, 4) is 22.3 Å². The quantitative estimate of drug-likeness (QED) is 0.162. The van der Waals surface area contributed by atoms with Crippen LogP contribution in [0.25, 0.3) is 22.3 Å². The Morgan fingerprint density at radius 1 is 0.944 bits per heavy atom. The van der Waals surface area contributed by atoms with Crippen molar-refractivity contribution >= 4 is 30.0 Å². The summed E-state index contributed by atoms with van der Waals surface area (Å²) in [6.45, 7) is -0.0132. The number of carbonyl (C=O) groups excluding carboxylic acids is 1. The lowest BCUT2D eigenvalue weighted by Crippen LogP contribution is -2.29. The normalized spacial score (nSPS) is 11.1. The average Bonchev–Trinajstić information content (AvgIpc) is 2.88. The summed E-state index contributed by atoms with van der Waals surface area (Å²) >= 11 is 6.05. The summed E-state index contributed by atoms with van der Waals surface area (Å²) < 4.78 is 38.6. The Morgan fingerprint density at radius 3 is 2.17 bits per heavy atom. The van der Waals surface area contributed by atoms with Gasteiger partial charge < -0.3 is 5.41 Å². The second-order valence-corrected chi connectivity index (χ2v) is 8.23. The molecule has 6 nitrogen and oxygen atoms in total. The van der Waals surface area contributed by atoms with Crippen LogP contribution in [0.15, 0.2) is 79.0 Å². The van der Waals surface area contributed by atoms with E-state index in [0.717, 1.165) is 23.3 Å². The number of nitrogens with zero attached hydrogens (tertiary/aromatic N) is 3. The van der Waals surface area contributed by atoms with Gasteiger partial charge in [0.15, 0.2) is 5.82 Å². The van der Waals surface area contributed by atoms with Gasteiger partial charge in [0.2, 0.25) is 6.41 Å². The predicted molar refractivity (Wildman–Crippen MR) is 132 cm³/mol. The van der Waals surface area contributed by atoms with Crippen LogP contribution in [0, 0.1) is 5.41 Å². The molecule has 36 heavy (non-hydrogen) atoms. The van der Waals surface area contributed by atoms with Crippen LogP contribution in [0.3, 0.4) is 0 Å². The maximum absolute atomic E-state index is 12.9. The summed E-state index contributed by atoms with van der Waals surface area (Å²) in [6.07, 6.45) is -1.10. The minimum Gasteiger partial charge on any atom is -0.308 e. The molecule has 182 valence electrons.